The van der Waals surface area contributed by atoms with Gasteiger partial charge in [-0.3, -0.25) is 4.84 Å². The molecule has 2 heteroatoms. The zero-order chi connectivity index (χ0) is 7.23. The van der Waals surface area contributed by atoms with Crippen LogP contribution in [0, 0.1) is 12.1 Å². The third-order valence-electron chi connectivity index (χ3n) is 1.08. The first-order valence-corrected chi connectivity index (χ1v) is 3.09. The molecule has 0 saturated heterocycles. The van der Waals surface area contributed by atoms with Crippen LogP contribution >= 0.6 is 0 Å². The van der Waals surface area contributed by atoms with E-state index in [-0.39, 0.29) is 0 Å². The van der Waals surface area contributed by atoms with Crippen molar-refractivity contribution in [3.63, 3.8) is 0 Å². The predicted molar refractivity (Wildman–Crippen MR) is 38.0 cm³/mol. The van der Waals surface area contributed by atoms with Crippen LogP contribution in [0.1, 0.15) is 5.56 Å². The van der Waals surface area contributed by atoms with Gasteiger partial charge < -0.3 is 0 Å². The fourth-order valence-corrected chi connectivity index (χ4v) is 0.623. The van der Waals surface area contributed by atoms with E-state index in [2.05, 4.69) is 17.6 Å². The lowest BCUT2D eigenvalue weighted by Gasteiger charge is -1.96. The highest BCUT2D eigenvalue weighted by Crippen LogP contribution is 1.92. The van der Waals surface area contributed by atoms with Crippen LogP contribution in [0.4, 0.5) is 0 Å². The Kier molecular flexibility index (Phi) is 2.75. The summed E-state index contributed by atoms with van der Waals surface area (Å²) in [5.74, 6) is 0. The smallest absolute Gasteiger partial charge is 0.101 e. The second kappa shape index (κ2) is 3.89. The van der Waals surface area contributed by atoms with Crippen molar-refractivity contribution < 1.29 is 4.84 Å². The lowest BCUT2D eigenvalue weighted by atomic mass is 10.3. The Morgan fingerprint density at radius 2 is 2.60 bits per heavy atom. The van der Waals surface area contributed by atoms with E-state index >= 15 is 0 Å². The van der Waals surface area contributed by atoms with Gasteiger partial charge in [0.05, 0.1) is 0 Å². The Hall–Kier alpha value is -1.04. The van der Waals surface area contributed by atoms with Crippen molar-refractivity contribution in [3.05, 3.63) is 35.9 Å². The van der Waals surface area contributed by atoms with Crippen molar-refractivity contribution >= 4 is 0 Å². The maximum Gasteiger partial charge on any atom is 0.101 e. The average Bonchev–Trinajstić information content (AvgIpc) is 2.03. The molecule has 10 heavy (non-hydrogen) atoms. The summed E-state index contributed by atoms with van der Waals surface area (Å²) in [4.78, 5) is 4.92. The summed E-state index contributed by atoms with van der Waals surface area (Å²) in [7, 11) is 1.73. The second-order valence-corrected chi connectivity index (χ2v) is 1.81. The highest BCUT2D eigenvalue weighted by molar-refractivity contribution is 5.05. The highest BCUT2D eigenvalue weighted by atomic mass is 16.6. The summed E-state index contributed by atoms with van der Waals surface area (Å²) in [5, 5.41) is 0. The molecule has 0 aliphatic rings. The minimum absolute atomic E-state index is 0.536. The second-order valence-electron chi connectivity index (χ2n) is 1.81. The Bertz CT molecular complexity index is 174. The third-order valence-corrected chi connectivity index (χ3v) is 1.08. The lowest BCUT2D eigenvalue weighted by molar-refractivity contribution is 0.0444. The van der Waals surface area contributed by atoms with Gasteiger partial charge in [-0.1, -0.05) is 18.2 Å². The quantitative estimate of drug-likeness (QED) is 0.623. The first-order chi connectivity index (χ1) is 4.93. The standard InChI is InChI=1S/C8H9NO/c1-9-10-7-8-5-3-2-4-6-8/h2-3,5,9H,7H2,1H3. The molecule has 2 nitrogen and oxygen atoms in total. The molecule has 0 aliphatic carbocycles. The molecule has 0 heterocycles. The maximum atomic E-state index is 4.92. The van der Waals surface area contributed by atoms with Crippen molar-refractivity contribution in [1.82, 2.24) is 5.48 Å². The van der Waals surface area contributed by atoms with Crippen molar-refractivity contribution in [1.29, 1.82) is 0 Å². The summed E-state index contributed by atoms with van der Waals surface area (Å²) in [6, 6.07) is 11.4. The first-order valence-electron chi connectivity index (χ1n) is 3.09. The molecular formula is C8H9NO. The summed E-state index contributed by atoms with van der Waals surface area (Å²) >= 11 is 0. The van der Waals surface area contributed by atoms with Gasteiger partial charge in [0.15, 0.2) is 0 Å². The van der Waals surface area contributed by atoms with E-state index in [1.54, 1.807) is 7.05 Å². The van der Waals surface area contributed by atoms with Gasteiger partial charge in [-0.25, -0.2) is 5.48 Å². The average molecular weight is 135 g/mol. The van der Waals surface area contributed by atoms with Crippen LogP contribution in [0.2, 0.25) is 0 Å². The molecule has 0 radical (unpaired) electrons. The molecule has 0 fully saturated rings. The van der Waals surface area contributed by atoms with Gasteiger partial charge in [-0.05, 0) is 12.1 Å². The van der Waals surface area contributed by atoms with Crippen LogP contribution in [0.3, 0.4) is 0 Å². The van der Waals surface area contributed by atoms with Gasteiger partial charge in [0.2, 0.25) is 0 Å². The minimum atomic E-state index is 0.536. The monoisotopic (exact) mass is 135 g/mol. The molecule has 0 aromatic heterocycles. The van der Waals surface area contributed by atoms with Crippen molar-refractivity contribution in [2.24, 2.45) is 0 Å². The van der Waals surface area contributed by atoms with Crippen molar-refractivity contribution in [3.8, 4) is 0 Å². The fourth-order valence-electron chi connectivity index (χ4n) is 0.623. The number of hydrogen-bond donors (Lipinski definition) is 1. The van der Waals surface area contributed by atoms with Crippen LogP contribution in [0.25, 0.3) is 0 Å². The topological polar surface area (TPSA) is 21.3 Å². The van der Waals surface area contributed by atoms with E-state index in [0.717, 1.165) is 5.56 Å². The Balaban J connectivity index is 2.43. The van der Waals surface area contributed by atoms with Gasteiger partial charge >= 0.3 is 0 Å². The van der Waals surface area contributed by atoms with Crippen LogP contribution < -0.4 is 5.48 Å². The first kappa shape index (κ1) is 7.07. The van der Waals surface area contributed by atoms with Crippen LogP contribution in [0.5, 0.6) is 0 Å². The van der Waals surface area contributed by atoms with Crippen molar-refractivity contribution in [2.75, 3.05) is 7.05 Å². The molecular weight excluding hydrogens is 126 g/mol. The normalized spacial score (nSPS) is 8.90. The molecule has 1 rings (SSSR count). The molecule has 0 saturated carbocycles. The molecule has 0 bridgehead atoms. The molecule has 0 unspecified atom stereocenters. The minimum Gasteiger partial charge on any atom is -0.297 e. The molecule has 0 spiro atoms. The fraction of sp³-hybridized carbons (Fsp3) is 0.250. The summed E-state index contributed by atoms with van der Waals surface area (Å²) in [6.45, 7) is 0.536. The van der Waals surface area contributed by atoms with Gasteiger partial charge in [-0.2, -0.15) is 0 Å². The largest absolute Gasteiger partial charge is 0.297 e. The molecule has 0 aliphatic heterocycles. The van der Waals surface area contributed by atoms with Gasteiger partial charge in [0.25, 0.3) is 0 Å². The lowest BCUT2D eigenvalue weighted by Crippen LogP contribution is -2.06. The maximum absolute atomic E-state index is 4.92. The Morgan fingerprint density at radius 3 is 3.20 bits per heavy atom. The van der Waals surface area contributed by atoms with E-state index in [1.807, 2.05) is 18.2 Å². The van der Waals surface area contributed by atoms with E-state index in [1.165, 1.54) is 0 Å². The van der Waals surface area contributed by atoms with Crippen LogP contribution in [-0.2, 0) is 11.4 Å². The van der Waals surface area contributed by atoms with Gasteiger partial charge in [0.1, 0.15) is 6.61 Å². The number of nitrogens with one attached hydrogen (secondary N) is 1. The van der Waals surface area contributed by atoms with E-state index in [4.69, 9.17) is 4.84 Å². The molecule has 1 N–H and O–H groups in total. The van der Waals surface area contributed by atoms with E-state index in [0.29, 0.717) is 6.61 Å². The Labute approximate surface area is 60.8 Å². The van der Waals surface area contributed by atoms with E-state index in [9.17, 15) is 0 Å². The molecule has 0 amide bonds. The van der Waals surface area contributed by atoms with Crippen molar-refractivity contribution in [2.45, 2.75) is 6.61 Å². The molecule has 1 aromatic rings. The van der Waals surface area contributed by atoms with Gasteiger partial charge in [-0.15, -0.1) is 0 Å². The number of hydroxylamine groups is 1. The summed E-state index contributed by atoms with van der Waals surface area (Å²) in [6.07, 6.45) is 0. The number of rotatable bonds is 3. The third kappa shape index (κ3) is 2.06. The van der Waals surface area contributed by atoms with E-state index < -0.39 is 0 Å². The number of hydrogen-bond acceptors (Lipinski definition) is 2. The molecule has 0 atom stereocenters. The van der Waals surface area contributed by atoms with Gasteiger partial charge in [0, 0.05) is 12.6 Å². The molecule has 1 aromatic carbocycles. The zero-order valence-electron chi connectivity index (χ0n) is 5.85. The highest BCUT2D eigenvalue weighted by Gasteiger charge is 1.86. The SMILES string of the molecule is CNOCc1c#cccc1. The zero-order valence-corrected chi connectivity index (χ0v) is 5.85. The van der Waals surface area contributed by atoms with Crippen LogP contribution in [-0.4, -0.2) is 7.05 Å². The summed E-state index contributed by atoms with van der Waals surface area (Å²) < 4.78 is 0. The Morgan fingerprint density at radius 1 is 1.70 bits per heavy atom. The summed E-state index contributed by atoms with van der Waals surface area (Å²) in [5.41, 5.74) is 3.58. The molecule has 52 valence electrons. The van der Waals surface area contributed by atoms with Crippen LogP contribution in [0.15, 0.2) is 18.2 Å². The predicted octanol–water partition coefficient (Wildman–Crippen LogP) is 0.938.